The van der Waals surface area contributed by atoms with Crippen molar-refractivity contribution in [2.45, 2.75) is 6.92 Å². The first-order valence-corrected chi connectivity index (χ1v) is 4.26. The largest absolute Gasteiger partial charge is 0.478 e. The molecular formula is C11H9NO2. The van der Waals surface area contributed by atoms with Gasteiger partial charge in [0.05, 0.1) is 5.56 Å². The van der Waals surface area contributed by atoms with E-state index in [0.29, 0.717) is 5.56 Å². The Hall–Kier alpha value is -1.90. The summed E-state index contributed by atoms with van der Waals surface area (Å²) in [6.45, 7) is 1.88. The van der Waals surface area contributed by atoms with Gasteiger partial charge >= 0.3 is 5.97 Å². The van der Waals surface area contributed by atoms with Crippen LogP contribution >= 0.6 is 0 Å². The zero-order valence-corrected chi connectivity index (χ0v) is 7.69. The van der Waals surface area contributed by atoms with Crippen LogP contribution in [0.4, 0.5) is 0 Å². The molecule has 0 saturated carbocycles. The molecule has 0 aliphatic rings. The number of nitrogens with zero attached hydrogens (tertiary/aromatic N) is 1. The average molecular weight is 187 g/mol. The van der Waals surface area contributed by atoms with E-state index < -0.39 is 5.97 Å². The van der Waals surface area contributed by atoms with Crippen molar-refractivity contribution in [1.82, 2.24) is 4.98 Å². The van der Waals surface area contributed by atoms with Crippen molar-refractivity contribution in [3.63, 3.8) is 0 Å². The second-order valence-corrected chi connectivity index (χ2v) is 3.19. The number of aromatic nitrogens is 1. The molecule has 1 aromatic heterocycles. The molecule has 1 N–H and O–H groups in total. The maximum atomic E-state index is 10.7. The Labute approximate surface area is 81.0 Å². The van der Waals surface area contributed by atoms with Crippen molar-refractivity contribution in [3.05, 3.63) is 41.7 Å². The molecule has 70 valence electrons. The van der Waals surface area contributed by atoms with Crippen molar-refractivity contribution >= 4 is 16.7 Å². The van der Waals surface area contributed by atoms with Crippen molar-refractivity contribution in [2.24, 2.45) is 0 Å². The van der Waals surface area contributed by atoms with Crippen LogP contribution in [0, 0.1) is 6.92 Å². The lowest BCUT2D eigenvalue weighted by Crippen LogP contribution is -1.95. The lowest BCUT2D eigenvalue weighted by molar-refractivity contribution is 0.0697. The molecule has 0 aliphatic carbocycles. The van der Waals surface area contributed by atoms with Gasteiger partial charge in [0.25, 0.3) is 0 Å². The van der Waals surface area contributed by atoms with E-state index in [-0.39, 0.29) is 0 Å². The SMILES string of the molecule is Cc1cc2cc(C(=O)O)ccc2cn1. The minimum Gasteiger partial charge on any atom is -0.478 e. The summed E-state index contributed by atoms with van der Waals surface area (Å²) < 4.78 is 0. The van der Waals surface area contributed by atoms with Gasteiger partial charge in [0, 0.05) is 17.3 Å². The highest BCUT2D eigenvalue weighted by Crippen LogP contribution is 2.15. The predicted molar refractivity (Wildman–Crippen MR) is 53.4 cm³/mol. The maximum absolute atomic E-state index is 10.7. The summed E-state index contributed by atoms with van der Waals surface area (Å²) in [5.41, 5.74) is 1.20. The zero-order valence-electron chi connectivity index (χ0n) is 7.69. The van der Waals surface area contributed by atoms with Crippen LogP contribution in [-0.2, 0) is 0 Å². The number of aryl methyl sites for hydroxylation is 1. The summed E-state index contributed by atoms with van der Waals surface area (Å²) in [5, 5.41) is 10.7. The van der Waals surface area contributed by atoms with E-state index in [0.717, 1.165) is 16.5 Å². The fraction of sp³-hybridized carbons (Fsp3) is 0.0909. The molecule has 2 rings (SSSR count). The first-order chi connectivity index (χ1) is 6.66. The van der Waals surface area contributed by atoms with Gasteiger partial charge < -0.3 is 5.11 Å². The summed E-state index contributed by atoms with van der Waals surface area (Å²) in [6, 6.07) is 6.89. The second kappa shape index (κ2) is 3.10. The fourth-order valence-electron chi connectivity index (χ4n) is 1.38. The molecule has 2 aromatic rings. The third kappa shape index (κ3) is 1.44. The van der Waals surface area contributed by atoms with E-state index >= 15 is 0 Å². The summed E-state index contributed by atoms with van der Waals surface area (Å²) in [6.07, 6.45) is 1.75. The molecule has 0 fully saturated rings. The second-order valence-electron chi connectivity index (χ2n) is 3.19. The monoisotopic (exact) mass is 187 g/mol. The number of carbonyl (C=O) groups is 1. The molecule has 0 radical (unpaired) electrons. The minimum absolute atomic E-state index is 0.308. The zero-order chi connectivity index (χ0) is 10.1. The molecule has 0 unspecified atom stereocenters. The number of hydrogen-bond acceptors (Lipinski definition) is 2. The molecule has 0 amide bonds. The number of rotatable bonds is 1. The number of carboxylic acid groups (broad SMARTS) is 1. The lowest BCUT2D eigenvalue weighted by atomic mass is 10.1. The molecule has 14 heavy (non-hydrogen) atoms. The normalized spacial score (nSPS) is 10.4. The van der Waals surface area contributed by atoms with E-state index in [2.05, 4.69) is 4.98 Å². The molecule has 3 heteroatoms. The van der Waals surface area contributed by atoms with Gasteiger partial charge in [0.15, 0.2) is 0 Å². The number of hydrogen-bond donors (Lipinski definition) is 1. The van der Waals surface area contributed by atoms with Gasteiger partial charge in [0.1, 0.15) is 0 Å². The number of fused-ring (bicyclic) bond motifs is 1. The molecule has 3 nitrogen and oxygen atoms in total. The lowest BCUT2D eigenvalue weighted by Gasteiger charge is -2.00. The van der Waals surface area contributed by atoms with Crippen LogP contribution in [0.2, 0.25) is 0 Å². The third-order valence-electron chi connectivity index (χ3n) is 2.11. The number of aromatic carboxylic acids is 1. The molecule has 0 spiro atoms. The van der Waals surface area contributed by atoms with E-state index in [1.54, 1.807) is 24.4 Å². The predicted octanol–water partition coefficient (Wildman–Crippen LogP) is 2.24. The van der Waals surface area contributed by atoms with Gasteiger partial charge in [-0.15, -0.1) is 0 Å². The summed E-state index contributed by atoms with van der Waals surface area (Å²) in [5.74, 6) is -0.902. The van der Waals surface area contributed by atoms with E-state index in [1.807, 2.05) is 13.0 Å². The fourth-order valence-corrected chi connectivity index (χ4v) is 1.38. The maximum Gasteiger partial charge on any atom is 0.335 e. The van der Waals surface area contributed by atoms with Crippen LogP contribution in [-0.4, -0.2) is 16.1 Å². The van der Waals surface area contributed by atoms with Crippen molar-refractivity contribution in [3.8, 4) is 0 Å². The Morgan fingerprint density at radius 2 is 2.07 bits per heavy atom. The van der Waals surface area contributed by atoms with Gasteiger partial charge in [-0.05, 0) is 30.5 Å². The Morgan fingerprint density at radius 1 is 1.29 bits per heavy atom. The van der Waals surface area contributed by atoms with Crippen LogP contribution < -0.4 is 0 Å². The first-order valence-electron chi connectivity index (χ1n) is 4.26. The highest BCUT2D eigenvalue weighted by molar-refractivity contribution is 5.94. The highest BCUT2D eigenvalue weighted by atomic mass is 16.4. The minimum atomic E-state index is -0.902. The van der Waals surface area contributed by atoms with Gasteiger partial charge in [-0.1, -0.05) is 6.07 Å². The number of pyridine rings is 1. The number of benzene rings is 1. The topological polar surface area (TPSA) is 50.2 Å². The van der Waals surface area contributed by atoms with Gasteiger partial charge in [-0.25, -0.2) is 4.79 Å². The van der Waals surface area contributed by atoms with Crippen molar-refractivity contribution in [2.75, 3.05) is 0 Å². The van der Waals surface area contributed by atoms with Crippen LogP contribution in [0.1, 0.15) is 16.1 Å². The summed E-state index contributed by atoms with van der Waals surface area (Å²) >= 11 is 0. The van der Waals surface area contributed by atoms with Gasteiger partial charge in [0.2, 0.25) is 0 Å². The Bertz CT molecular complexity index is 506. The van der Waals surface area contributed by atoms with Crippen LogP contribution in [0.15, 0.2) is 30.5 Å². The van der Waals surface area contributed by atoms with E-state index in [9.17, 15) is 4.79 Å². The van der Waals surface area contributed by atoms with Crippen molar-refractivity contribution in [1.29, 1.82) is 0 Å². The standard InChI is InChI=1S/C11H9NO2/c1-7-4-10-5-8(11(13)14)2-3-9(10)6-12-7/h2-6H,1H3,(H,13,14). The molecule has 0 atom stereocenters. The first kappa shape index (κ1) is 8.69. The summed E-state index contributed by atoms with van der Waals surface area (Å²) in [4.78, 5) is 14.8. The van der Waals surface area contributed by atoms with Crippen molar-refractivity contribution < 1.29 is 9.90 Å². The Morgan fingerprint density at radius 3 is 2.79 bits per heavy atom. The molecule has 0 saturated heterocycles. The Balaban J connectivity index is 2.69. The molecular weight excluding hydrogens is 178 g/mol. The van der Waals surface area contributed by atoms with Crippen LogP contribution in [0.25, 0.3) is 10.8 Å². The molecule has 1 heterocycles. The number of carboxylic acids is 1. The third-order valence-corrected chi connectivity index (χ3v) is 2.11. The Kier molecular flexibility index (Phi) is 1.93. The summed E-state index contributed by atoms with van der Waals surface area (Å²) in [7, 11) is 0. The molecule has 1 aromatic carbocycles. The quantitative estimate of drug-likeness (QED) is 0.744. The van der Waals surface area contributed by atoms with Gasteiger partial charge in [-0.2, -0.15) is 0 Å². The van der Waals surface area contributed by atoms with E-state index in [4.69, 9.17) is 5.11 Å². The highest BCUT2D eigenvalue weighted by Gasteiger charge is 2.03. The van der Waals surface area contributed by atoms with Crippen LogP contribution in [0.5, 0.6) is 0 Å². The van der Waals surface area contributed by atoms with Crippen LogP contribution in [0.3, 0.4) is 0 Å². The smallest absolute Gasteiger partial charge is 0.335 e. The van der Waals surface area contributed by atoms with E-state index in [1.165, 1.54) is 0 Å². The average Bonchev–Trinajstić information content (AvgIpc) is 2.16. The molecule has 0 bridgehead atoms. The molecule has 0 aliphatic heterocycles. The van der Waals surface area contributed by atoms with Gasteiger partial charge in [-0.3, -0.25) is 4.98 Å².